The van der Waals surface area contributed by atoms with Crippen LogP contribution in [0.3, 0.4) is 0 Å². The number of hydrogen-bond donors (Lipinski definition) is 3. The SMILES string of the molecule is Cc1ccc(S(=O)(=O)NC23CCC(C#N)(C2)C3)cc1-c1cnc(N)c(-n2ccnn2)n1.O=C(O)C(F)(F)F. The summed E-state index contributed by atoms with van der Waals surface area (Å²) in [7, 11) is -3.77. The van der Waals surface area contributed by atoms with Crippen LogP contribution in [-0.2, 0) is 14.8 Å². The van der Waals surface area contributed by atoms with Crippen molar-refractivity contribution in [1.82, 2.24) is 29.7 Å². The summed E-state index contributed by atoms with van der Waals surface area (Å²) in [5, 5.41) is 24.1. The Morgan fingerprint density at radius 2 is 1.97 bits per heavy atom. The summed E-state index contributed by atoms with van der Waals surface area (Å²) in [4.78, 5) is 17.8. The van der Waals surface area contributed by atoms with Crippen molar-refractivity contribution in [3.63, 3.8) is 0 Å². The van der Waals surface area contributed by atoms with Gasteiger partial charge in [0.05, 0.1) is 40.7 Å². The van der Waals surface area contributed by atoms with Gasteiger partial charge in [0, 0.05) is 11.1 Å². The second-order valence-corrected chi connectivity index (χ2v) is 10.9. The number of hydrogen-bond acceptors (Lipinski definition) is 9. The minimum atomic E-state index is -5.08. The Kier molecular flexibility index (Phi) is 6.62. The maximum absolute atomic E-state index is 13.1. The van der Waals surface area contributed by atoms with Crippen molar-refractivity contribution in [2.45, 2.75) is 49.2 Å². The quantitative estimate of drug-likeness (QED) is 0.425. The molecule has 3 aliphatic carbocycles. The number of nitrogens with two attached hydrogens (primary N) is 1. The number of anilines is 1. The molecule has 0 saturated heterocycles. The number of aliphatic carboxylic acids is 1. The third-order valence-electron chi connectivity index (χ3n) is 6.48. The Labute approximate surface area is 214 Å². The minimum Gasteiger partial charge on any atom is -0.475 e. The van der Waals surface area contributed by atoms with Crippen LogP contribution in [0.25, 0.3) is 17.1 Å². The zero-order valence-electron chi connectivity index (χ0n) is 19.8. The van der Waals surface area contributed by atoms with Crippen LogP contribution in [0.15, 0.2) is 41.7 Å². The van der Waals surface area contributed by atoms with Gasteiger partial charge in [-0.2, -0.15) is 23.1 Å². The lowest BCUT2D eigenvalue weighted by molar-refractivity contribution is -0.192. The summed E-state index contributed by atoms with van der Waals surface area (Å²) in [5.41, 5.74) is 7.00. The molecule has 1 aromatic carbocycles. The molecular weight excluding hydrogens is 529 g/mol. The largest absolute Gasteiger partial charge is 0.490 e. The molecular formula is C22H21F3N8O4S. The van der Waals surface area contributed by atoms with E-state index >= 15 is 0 Å². The van der Waals surface area contributed by atoms with E-state index in [0.29, 0.717) is 36.3 Å². The lowest BCUT2D eigenvalue weighted by atomic mass is 9.66. The predicted octanol–water partition coefficient (Wildman–Crippen LogP) is 2.36. The molecule has 0 radical (unpaired) electrons. The van der Waals surface area contributed by atoms with E-state index in [-0.39, 0.29) is 16.1 Å². The van der Waals surface area contributed by atoms with Gasteiger partial charge in [0.25, 0.3) is 0 Å². The minimum absolute atomic E-state index is 0.143. The molecule has 0 spiro atoms. The van der Waals surface area contributed by atoms with Gasteiger partial charge in [0.1, 0.15) is 0 Å². The molecule has 3 fully saturated rings. The molecule has 3 saturated carbocycles. The Morgan fingerprint density at radius 3 is 2.53 bits per heavy atom. The molecule has 0 aliphatic heterocycles. The molecule has 0 unspecified atom stereocenters. The average Bonchev–Trinajstić information content (AvgIpc) is 3.55. The van der Waals surface area contributed by atoms with Crippen LogP contribution < -0.4 is 10.5 Å². The fourth-order valence-corrected chi connectivity index (χ4v) is 6.18. The number of alkyl halides is 3. The molecule has 16 heteroatoms. The van der Waals surface area contributed by atoms with E-state index in [0.717, 1.165) is 12.0 Å². The standard InChI is InChI=1S/C20H20N8O2S.C2HF3O2/c1-13-2-3-14(31(29,30)26-20-5-4-19(10-20,11-20)12-21)8-15(13)16-9-23-17(22)18(25-16)28-7-6-24-27-28;3-2(4,5)1(6)7/h2-3,6-9,26H,4-5,10-11H2,1H3,(H2,22,23);(H,6,7). The van der Waals surface area contributed by atoms with Crippen LogP contribution in [-0.4, -0.2) is 56.2 Å². The molecule has 4 N–H and O–H groups in total. The van der Waals surface area contributed by atoms with E-state index in [1.807, 2.05) is 6.92 Å². The van der Waals surface area contributed by atoms with Gasteiger partial charge in [0.2, 0.25) is 10.0 Å². The molecule has 2 bridgehead atoms. The number of sulfonamides is 1. The first-order valence-electron chi connectivity index (χ1n) is 11.0. The topological polar surface area (TPSA) is 190 Å². The van der Waals surface area contributed by atoms with Gasteiger partial charge in [-0.1, -0.05) is 11.3 Å². The number of nitrogens with one attached hydrogen (secondary N) is 1. The number of halogens is 3. The molecule has 2 aromatic heterocycles. The summed E-state index contributed by atoms with van der Waals surface area (Å²) in [6.07, 6.45) is 2.08. The maximum Gasteiger partial charge on any atom is 0.490 e. The lowest BCUT2D eigenvalue weighted by Gasteiger charge is -2.43. The van der Waals surface area contributed by atoms with Gasteiger partial charge in [-0.25, -0.2) is 27.9 Å². The van der Waals surface area contributed by atoms with Crippen molar-refractivity contribution in [2.24, 2.45) is 5.41 Å². The number of carboxylic acids is 1. The predicted molar refractivity (Wildman–Crippen MR) is 125 cm³/mol. The van der Waals surface area contributed by atoms with E-state index in [1.165, 1.54) is 17.1 Å². The second-order valence-electron chi connectivity index (χ2n) is 9.22. The highest BCUT2D eigenvalue weighted by molar-refractivity contribution is 7.89. The molecule has 6 rings (SSSR count). The van der Waals surface area contributed by atoms with Crippen molar-refractivity contribution in [3.8, 4) is 23.1 Å². The number of carbonyl (C=O) groups is 1. The van der Waals surface area contributed by atoms with Crippen molar-refractivity contribution in [2.75, 3.05) is 5.73 Å². The summed E-state index contributed by atoms with van der Waals surface area (Å²) >= 11 is 0. The Hall–Kier alpha value is -4.10. The van der Waals surface area contributed by atoms with Gasteiger partial charge < -0.3 is 10.8 Å². The first-order valence-corrected chi connectivity index (χ1v) is 12.5. The molecule has 38 heavy (non-hydrogen) atoms. The molecule has 0 atom stereocenters. The third kappa shape index (κ3) is 5.15. The fourth-order valence-electron chi connectivity index (χ4n) is 4.73. The first-order chi connectivity index (χ1) is 17.7. The molecule has 3 aliphatic rings. The van der Waals surface area contributed by atoms with Gasteiger partial charge in [0.15, 0.2) is 11.6 Å². The number of aromatic nitrogens is 5. The number of nitriles is 1. The number of carboxylic acid groups (broad SMARTS) is 1. The van der Waals surface area contributed by atoms with Crippen molar-refractivity contribution >= 4 is 21.8 Å². The zero-order chi connectivity index (χ0) is 27.9. The molecule has 3 aromatic rings. The van der Waals surface area contributed by atoms with Crippen molar-refractivity contribution < 1.29 is 31.5 Å². The van der Waals surface area contributed by atoms with Gasteiger partial charge in [-0.05, 0) is 50.3 Å². The van der Waals surface area contributed by atoms with Crippen LogP contribution in [0, 0.1) is 23.7 Å². The van der Waals surface area contributed by atoms with Crippen molar-refractivity contribution in [1.29, 1.82) is 5.26 Å². The lowest BCUT2D eigenvalue weighted by Crippen LogP contribution is -2.55. The van der Waals surface area contributed by atoms with Crippen LogP contribution in [0.2, 0.25) is 0 Å². The van der Waals surface area contributed by atoms with Crippen LogP contribution in [0.5, 0.6) is 0 Å². The number of nitrogen functional groups attached to an aromatic ring is 1. The van der Waals surface area contributed by atoms with E-state index < -0.39 is 27.7 Å². The molecule has 0 amide bonds. The van der Waals surface area contributed by atoms with Crippen molar-refractivity contribution in [3.05, 3.63) is 42.4 Å². The Bertz CT molecular complexity index is 1530. The van der Waals surface area contributed by atoms with E-state index in [1.54, 1.807) is 24.4 Å². The van der Waals surface area contributed by atoms with E-state index in [9.17, 15) is 26.9 Å². The third-order valence-corrected chi connectivity index (χ3v) is 8.06. The smallest absolute Gasteiger partial charge is 0.475 e. The number of aryl methyl sites for hydroxylation is 1. The average molecular weight is 551 g/mol. The summed E-state index contributed by atoms with van der Waals surface area (Å²) < 4.78 is 62.3. The zero-order valence-corrected chi connectivity index (χ0v) is 20.6. The van der Waals surface area contributed by atoms with E-state index in [4.69, 9.17) is 15.6 Å². The Balaban J connectivity index is 0.000000426. The van der Waals surface area contributed by atoms with Gasteiger partial charge in [-0.15, -0.1) is 5.10 Å². The highest BCUT2D eigenvalue weighted by Gasteiger charge is 2.62. The molecule has 200 valence electrons. The monoisotopic (exact) mass is 550 g/mol. The molecule has 12 nitrogen and oxygen atoms in total. The number of fused-ring (bicyclic) bond motifs is 1. The highest BCUT2D eigenvalue weighted by atomic mass is 32.2. The summed E-state index contributed by atoms with van der Waals surface area (Å²) in [6, 6.07) is 7.25. The van der Waals surface area contributed by atoms with Crippen LogP contribution in [0.4, 0.5) is 19.0 Å². The normalized spacial score (nSPS) is 22.1. The van der Waals surface area contributed by atoms with Gasteiger partial charge in [-0.3, -0.25) is 0 Å². The Morgan fingerprint density at radius 1 is 1.29 bits per heavy atom. The summed E-state index contributed by atoms with van der Waals surface area (Å²) in [5.74, 6) is -2.26. The maximum atomic E-state index is 13.1. The number of benzene rings is 1. The number of nitrogens with zero attached hydrogens (tertiary/aromatic N) is 6. The van der Waals surface area contributed by atoms with E-state index in [2.05, 4.69) is 31.1 Å². The van der Waals surface area contributed by atoms with Gasteiger partial charge >= 0.3 is 12.1 Å². The fraction of sp³-hybridized carbons (Fsp3) is 0.364. The van der Waals surface area contributed by atoms with Crippen LogP contribution in [0.1, 0.15) is 31.2 Å². The molecule has 2 heterocycles. The first kappa shape index (κ1) is 26.9. The number of rotatable bonds is 5. The van der Waals surface area contributed by atoms with Crippen LogP contribution >= 0.6 is 0 Å². The highest BCUT2D eigenvalue weighted by Crippen LogP contribution is 2.61. The summed E-state index contributed by atoms with van der Waals surface area (Å²) in [6.45, 7) is 1.87. The second kappa shape index (κ2) is 9.33.